The Balaban J connectivity index is 0.00000205. The molecule has 6 rings (SSSR count). The molecule has 1 N–H and O–H groups in total. The zero-order chi connectivity index (χ0) is 19.3. The molecule has 0 spiro atoms. The highest BCUT2D eigenvalue weighted by molar-refractivity contribution is 6.04. The van der Waals surface area contributed by atoms with Crippen molar-refractivity contribution in [3.63, 3.8) is 0 Å². The van der Waals surface area contributed by atoms with Gasteiger partial charge in [0.15, 0.2) is 5.58 Å². The molecule has 1 aromatic carbocycles. The van der Waals surface area contributed by atoms with E-state index in [1.165, 1.54) is 12.8 Å². The molecule has 4 fully saturated rings. The highest BCUT2D eigenvalue weighted by Gasteiger charge is 2.35. The molecule has 2 bridgehead atoms. The summed E-state index contributed by atoms with van der Waals surface area (Å²) in [6, 6.07) is 6.52. The summed E-state index contributed by atoms with van der Waals surface area (Å²) >= 11 is 0. The van der Waals surface area contributed by atoms with Crippen LogP contribution in [-0.4, -0.2) is 60.3 Å². The number of halogens is 1. The van der Waals surface area contributed by atoms with E-state index >= 15 is 0 Å². The Kier molecular flexibility index (Phi) is 5.73. The fourth-order valence-electron chi connectivity index (χ4n) is 4.96. The summed E-state index contributed by atoms with van der Waals surface area (Å²) in [4.78, 5) is 22.3. The van der Waals surface area contributed by atoms with E-state index in [1.54, 1.807) is 0 Å². The van der Waals surface area contributed by atoms with E-state index in [2.05, 4.69) is 29.0 Å². The number of fused-ring (bicyclic) bond motifs is 4. The van der Waals surface area contributed by atoms with E-state index in [1.807, 2.05) is 18.2 Å². The molecule has 7 nitrogen and oxygen atoms in total. The van der Waals surface area contributed by atoms with Gasteiger partial charge in [-0.25, -0.2) is 0 Å². The Bertz CT molecular complexity index is 870. The smallest absolute Gasteiger partial charge is 0.299 e. The van der Waals surface area contributed by atoms with E-state index in [9.17, 15) is 4.79 Å². The number of carbonyl (C=O) groups excluding carboxylic acids is 1. The average molecular weight is 421 g/mol. The third kappa shape index (κ3) is 3.71. The van der Waals surface area contributed by atoms with Crippen LogP contribution in [0.25, 0.3) is 11.1 Å². The molecule has 0 aliphatic carbocycles. The number of hydrogen-bond acceptors (Lipinski definition) is 6. The second-order valence-corrected chi connectivity index (χ2v) is 8.50. The summed E-state index contributed by atoms with van der Waals surface area (Å²) in [5.74, 6) is 0.681. The topological polar surface area (TPSA) is 70.8 Å². The summed E-state index contributed by atoms with van der Waals surface area (Å²) in [5.41, 5.74) is 1.87. The minimum atomic E-state index is -0.0638. The number of carbonyl (C=O) groups is 1. The number of rotatable bonds is 3. The molecule has 0 radical (unpaired) electrons. The van der Waals surface area contributed by atoms with E-state index in [-0.39, 0.29) is 36.6 Å². The Hall–Kier alpha value is -1.83. The first-order chi connectivity index (χ1) is 13.6. The normalized spacial score (nSPS) is 31.5. The van der Waals surface area contributed by atoms with Gasteiger partial charge in [-0.1, -0.05) is 6.07 Å². The number of hydrogen-bond donors (Lipinski definition) is 1. The number of ether oxygens (including phenoxy) is 1. The number of anilines is 1. The van der Waals surface area contributed by atoms with Gasteiger partial charge in [-0.15, -0.1) is 12.4 Å². The molecule has 0 saturated carbocycles. The second kappa shape index (κ2) is 8.13. The second-order valence-electron chi connectivity index (χ2n) is 8.50. The molecule has 8 heteroatoms. The van der Waals surface area contributed by atoms with Crippen LogP contribution in [0.1, 0.15) is 43.5 Å². The van der Waals surface area contributed by atoms with Gasteiger partial charge in [0, 0.05) is 13.1 Å². The lowest BCUT2D eigenvalue weighted by Crippen LogP contribution is -2.56. The molecule has 4 aliphatic rings. The molecule has 3 atom stereocenters. The monoisotopic (exact) mass is 420 g/mol. The molecule has 2 aromatic rings. The van der Waals surface area contributed by atoms with E-state index in [0.29, 0.717) is 35.9 Å². The lowest BCUT2D eigenvalue weighted by atomic mass is 9.86. The van der Waals surface area contributed by atoms with Crippen LogP contribution in [0.3, 0.4) is 0 Å². The number of aromatic nitrogens is 1. The number of nitrogens with one attached hydrogen (secondary N) is 1. The summed E-state index contributed by atoms with van der Waals surface area (Å²) in [6.45, 7) is 7.67. The van der Waals surface area contributed by atoms with Gasteiger partial charge in [0.05, 0.1) is 37.0 Å². The van der Waals surface area contributed by atoms with Gasteiger partial charge >= 0.3 is 0 Å². The summed E-state index contributed by atoms with van der Waals surface area (Å²) in [6.07, 6.45) is 3.70. The maximum Gasteiger partial charge on any atom is 0.299 e. The van der Waals surface area contributed by atoms with Crippen molar-refractivity contribution < 1.29 is 13.9 Å². The van der Waals surface area contributed by atoms with Gasteiger partial charge in [-0.2, -0.15) is 4.98 Å². The van der Waals surface area contributed by atoms with Gasteiger partial charge < -0.3 is 19.4 Å². The van der Waals surface area contributed by atoms with E-state index in [0.717, 1.165) is 25.4 Å². The zero-order valence-corrected chi connectivity index (χ0v) is 17.8. The average Bonchev–Trinajstić information content (AvgIpc) is 3.12. The van der Waals surface area contributed by atoms with Crippen molar-refractivity contribution in [3.05, 3.63) is 23.8 Å². The van der Waals surface area contributed by atoms with Gasteiger partial charge in [0.1, 0.15) is 5.52 Å². The van der Waals surface area contributed by atoms with Gasteiger partial charge in [0.2, 0.25) is 0 Å². The van der Waals surface area contributed by atoms with Crippen molar-refractivity contribution in [2.24, 2.45) is 5.92 Å². The maximum atomic E-state index is 13.1. The van der Waals surface area contributed by atoms with Crippen LogP contribution in [0.5, 0.6) is 0 Å². The largest absolute Gasteiger partial charge is 0.423 e. The van der Waals surface area contributed by atoms with Crippen molar-refractivity contribution in [3.8, 4) is 0 Å². The lowest BCUT2D eigenvalue weighted by Gasteiger charge is -2.45. The molecular formula is C21H29ClN4O3. The number of morpholine rings is 1. The van der Waals surface area contributed by atoms with E-state index < -0.39 is 0 Å². The molecule has 0 unspecified atom stereocenters. The quantitative estimate of drug-likeness (QED) is 0.822. The number of para-hydroxylation sites is 1. The highest BCUT2D eigenvalue weighted by Crippen LogP contribution is 2.32. The van der Waals surface area contributed by atoms with Gasteiger partial charge in [-0.3, -0.25) is 9.69 Å². The maximum absolute atomic E-state index is 13.1. The van der Waals surface area contributed by atoms with Gasteiger partial charge in [0.25, 0.3) is 11.9 Å². The molecule has 5 heterocycles. The van der Waals surface area contributed by atoms with Crippen molar-refractivity contribution in [2.45, 2.75) is 51.4 Å². The Morgan fingerprint density at radius 2 is 1.90 bits per heavy atom. The Morgan fingerprint density at radius 3 is 2.55 bits per heavy atom. The molecule has 29 heavy (non-hydrogen) atoms. The fourth-order valence-corrected chi connectivity index (χ4v) is 4.96. The molecule has 4 saturated heterocycles. The van der Waals surface area contributed by atoms with Crippen LogP contribution in [0.15, 0.2) is 22.6 Å². The van der Waals surface area contributed by atoms with Crippen molar-refractivity contribution in [2.75, 3.05) is 31.2 Å². The fraction of sp³-hybridized carbons (Fsp3) is 0.619. The van der Waals surface area contributed by atoms with Crippen molar-refractivity contribution >= 4 is 35.4 Å². The molecule has 158 valence electrons. The Labute approximate surface area is 177 Å². The third-order valence-electron chi connectivity index (χ3n) is 6.49. The SMILES string of the molecule is C[C@H]1COC[C@H](C)N1c1nc2c(C(=O)N[C@@H]3CC4CCN3CC4)cccc2o1.Cl. The van der Waals surface area contributed by atoms with Crippen LogP contribution in [0, 0.1) is 5.92 Å². The van der Waals surface area contributed by atoms with Crippen LogP contribution in [-0.2, 0) is 4.74 Å². The molecule has 4 aliphatic heterocycles. The van der Waals surface area contributed by atoms with Crippen LogP contribution >= 0.6 is 12.4 Å². The molecular weight excluding hydrogens is 392 g/mol. The minimum absolute atomic E-state index is 0. The van der Waals surface area contributed by atoms with Gasteiger partial charge in [-0.05, 0) is 51.2 Å². The van der Waals surface area contributed by atoms with Crippen LogP contribution < -0.4 is 10.2 Å². The predicted octanol–water partition coefficient (Wildman–Crippen LogP) is 3.03. The summed E-state index contributed by atoms with van der Waals surface area (Å²) in [7, 11) is 0. The van der Waals surface area contributed by atoms with Crippen molar-refractivity contribution in [1.82, 2.24) is 15.2 Å². The number of oxazole rings is 1. The van der Waals surface area contributed by atoms with Crippen LogP contribution in [0.4, 0.5) is 6.01 Å². The number of piperidine rings is 3. The Morgan fingerprint density at radius 1 is 1.17 bits per heavy atom. The summed E-state index contributed by atoms with van der Waals surface area (Å²) in [5, 5.41) is 3.24. The number of nitrogens with zero attached hydrogens (tertiary/aromatic N) is 3. The first-order valence-corrected chi connectivity index (χ1v) is 10.4. The standard InChI is InChI=1S/C21H28N4O3.ClH/c1-13-11-27-12-14(2)25(13)21-23-19-16(4-3-5-17(19)28-21)20(26)22-18-10-15-6-8-24(18)9-7-15;/h3-5,13-15,18H,6-12H2,1-2H3,(H,22,26);1H/t13-,14-,18-;/m0./s1. The van der Waals surface area contributed by atoms with Crippen molar-refractivity contribution in [1.29, 1.82) is 0 Å². The first kappa shape index (κ1) is 20.4. The number of benzene rings is 1. The number of amides is 1. The lowest BCUT2D eigenvalue weighted by molar-refractivity contribution is 0.0295. The highest BCUT2D eigenvalue weighted by atomic mass is 35.5. The molecule has 1 amide bonds. The van der Waals surface area contributed by atoms with E-state index in [4.69, 9.17) is 14.1 Å². The minimum Gasteiger partial charge on any atom is -0.423 e. The summed E-state index contributed by atoms with van der Waals surface area (Å²) < 4.78 is 11.7. The third-order valence-corrected chi connectivity index (χ3v) is 6.49. The predicted molar refractivity (Wildman–Crippen MR) is 114 cm³/mol. The van der Waals surface area contributed by atoms with Crippen LogP contribution in [0.2, 0.25) is 0 Å². The first-order valence-electron chi connectivity index (χ1n) is 10.4. The molecule has 1 aromatic heterocycles. The zero-order valence-electron chi connectivity index (χ0n) is 17.0.